The Kier molecular flexibility index (Phi) is 6.86. The molecule has 1 aliphatic rings. The average Bonchev–Trinajstić information content (AvgIpc) is 3.23. The molecule has 1 aliphatic carbocycles. The van der Waals surface area contributed by atoms with E-state index in [4.69, 9.17) is 23.2 Å². The van der Waals surface area contributed by atoms with Gasteiger partial charge in [0.25, 0.3) is 0 Å². The van der Waals surface area contributed by atoms with Crippen molar-refractivity contribution in [1.82, 2.24) is 4.57 Å². The van der Waals surface area contributed by atoms with Gasteiger partial charge < -0.3 is 0 Å². The molecule has 0 N–H and O–H groups in total. The zero-order valence-electron chi connectivity index (χ0n) is 24.1. The summed E-state index contributed by atoms with van der Waals surface area (Å²) in [7, 11) is 0. The lowest BCUT2D eigenvalue weighted by molar-refractivity contribution is 0.726. The molecule has 1 heterocycles. The van der Waals surface area contributed by atoms with E-state index in [1.165, 1.54) is 33.4 Å². The maximum absolute atomic E-state index is 6.94. The number of fused-ring (bicyclic) bond motifs is 4. The molecule has 1 atom stereocenters. The molecule has 1 nitrogen and oxygen atoms in total. The first-order valence-corrected chi connectivity index (χ1v) is 15.8. The summed E-state index contributed by atoms with van der Waals surface area (Å²) < 4.78 is 2.05. The van der Waals surface area contributed by atoms with Gasteiger partial charge in [0.05, 0.1) is 10.5 Å². The van der Waals surface area contributed by atoms with Gasteiger partial charge in [0, 0.05) is 17.0 Å². The second-order valence-electron chi connectivity index (χ2n) is 11.5. The first-order chi connectivity index (χ1) is 21.7. The van der Waals surface area contributed by atoms with Crippen LogP contribution in [-0.4, -0.2) is 4.57 Å². The smallest absolute Gasteiger partial charge is 0.133 e. The van der Waals surface area contributed by atoms with Crippen LogP contribution in [0.3, 0.4) is 0 Å². The van der Waals surface area contributed by atoms with Crippen molar-refractivity contribution in [2.75, 3.05) is 0 Å². The lowest BCUT2D eigenvalue weighted by atomic mass is 9.86. The highest BCUT2D eigenvalue weighted by Gasteiger charge is 2.24. The number of nitrogens with zero attached hydrogens (tertiary/aromatic N) is 1. The van der Waals surface area contributed by atoms with Crippen molar-refractivity contribution < 1.29 is 0 Å². The first-order valence-electron chi connectivity index (χ1n) is 15.1. The lowest BCUT2D eigenvalue weighted by Crippen LogP contribution is -2.01. The molecular weight excluding hydrogens is 577 g/mol. The van der Waals surface area contributed by atoms with Gasteiger partial charge in [0.2, 0.25) is 0 Å². The minimum Gasteiger partial charge on any atom is -0.299 e. The highest BCUT2D eigenvalue weighted by Crippen LogP contribution is 2.44. The van der Waals surface area contributed by atoms with Crippen LogP contribution >= 0.6 is 23.2 Å². The van der Waals surface area contributed by atoms with Crippen molar-refractivity contribution in [3.05, 3.63) is 172 Å². The monoisotopic (exact) mass is 605 g/mol. The molecule has 0 spiro atoms. The van der Waals surface area contributed by atoms with Crippen molar-refractivity contribution in [3.8, 4) is 39.1 Å². The molecule has 0 aliphatic heterocycles. The number of benzene rings is 6. The number of hydrogen-bond acceptors (Lipinski definition) is 0. The standard InChI is InChI=1S/C41H29Cl2N/c42-40-38-26-32(21-23-39(38)44(41(40)43)33-15-9-14-30(24-33)27-10-3-1-4-11-27)31-19-18-29-20-22-34(28-12-5-2-6-13-28)35-16-7-8-17-36(35)37(29)25-31/h1-19,21,23-26,34H,20,22H2. The van der Waals surface area contributed by atoms with Crippen LogP contribution in [0.4, 0.5) is 0 Å². The minimum atomic E-state index is 0.376. The van der Waals surface area contributed by atoms with E-state index in [1.807, 2.05) is 10.6 Å². The Bertz CT molecular complexity index is 2140. The van der Waals surface area contributed by atoms with Gasteiger partial charge in [-0.1, -0.05) is 138 Å². The van der Waals surface area contributed by atoms with Crippen LogP contribution in [0.1, 0.15) is 29.0 Å². The molecule has 6 aromatic carbocycles. The summed E-state index contributed by atoms with van der Waals surface area (Å²) in [5, 5.41) is 2.03. The second kappa shape index (κ2) is 11.2. The van der Waals surface area contributed by atoms with Gasteiger partial charge in [0.15, 0.2) is 0 Å². The summed E-state index contributed by atoms with van der Waals surface area (Å²) in [5.74, 6) is 0.376. The number of aromatic nitrogens is 1. The highest BCUT2D eigenvalue weighted by molar-refractivity contribution is 6.45. The van der Waals surface area contributed by atoms with Gasteiger partial charge in [-0.2, -0.15) is 0 Å². The second-order valence-corrected chi connectivity index (χ2v) is 12.3. The fourth-order valence-electron chi connectivity index (χ4n) is 6.87. The quantitative estimate of drug-likeness (QED) is 0.188. The van der Waals surface area contributed by atoms with Crippen LogP contribution in [0.25, 0.3) is 50.0 Å². The van der Waals surface area contributed by atoms with Gasteiger partial charge in [-0.05, 0) is 93.2 Å². The van der Waals surface area contributed by atoms with E-state index in [0.29, 0.717) is 16.1 Å². The van der Waals surface area contributed by atoms with Gasteiger partial charge in [-0.3, -0.25) is 4.57 Å². The van der Waals surface area contributed by atoms with E-state index >= 15 is 0 Å². The summed E-state index contributed by atoms with van der Waals surface area (Å²) >= 11 is 13.9. The number of rotatable bonds is 4. The maximum Gasteiger partial charge on any atom is 0.133 e. The predicted octanol–water partition coefficient (Wildman–Crippen LogP) is 12.0. The molecule has 0 amide bonds. The predicted molar refractivity (Wildman–Crippen MR) is 186 cm³/mol. The molecule has 7 aromatic rings. The molecule has 0 bridgehead atoms. The van der Waals surface area contributed by atoms with Crippen molar-refractivity contribution in [2.24, 2.45) is 0 Å². The van der Waals surface area contributed by atoms with E-state index in [-0.39, 0.29) is 0 Å². The largest absolute Gasteiger partial charge is 0.299 e. The van der Waals surface area contributed by atoms with Gasteiger partial charge >= 0.3 is 0 Å². The fourth-order valence-corrected chi connectivity index (χ4v) is 7.39. The van der Waals surface area contributed by atoms with Gasteiger partial charge in [-0.15, -0.1) is 0 Å². The van der Waals surface area contributed by atoms with Crippen LogP contribution in [-0.2, 0) is 6.42 Å². The van der Waals surface area contributed by atoms with Crippen molar-refractivity contribution in [2.45, 2.75) is 18.8 Å². The van der Waals surface area contributed by atoms with Crippen molar-refractivity contribution in [3.63, 3.8) is 0 Å². The molecule has 0 saturated heterocycles. The van der Waals surface area contributed by atoms with Gasteiger partial charge in [-0.25, -0.2) is 0 Å². The molecule has 44 heavy (non-hydrogen) atoms. The Morgan fingerprint density at radius 3 is 2.07 bits per heavy atom. The first kappa shape index (κ1) is 27.0. The van der Waals surface area contributed by atoms with E-state index in [0.717, 1.165) is 46.1 Å². The topological polar surface area (TPSA) is 4.93 Å². The normalized spacial score (nSPS) is 14.2. The van der Waals surface area contributed by atoms with E-state index in [2.05, 4.69) is 140 Å². The molecule has 1 aromatic heterocycles. The van der Waals surface area contributed by atoms with Crippen LogP contribution in [0, 0.1) is 0 Å². The van der Waals surface area contributed by atoms with Crippen molar-refractivity contribution in [1.29, 1.82) is 0 Å². The highest BCUT2D eigenvalue weighted by atomic mass is 35.5. The molecule has 0 radical (unpaired) electrons. The molecule has 1 unspecified atom stereocenters. The van der Waals surface area contributed by atoms with Crippen LogP contribution in [0.2, 0.25) is 10.2 Å². The summed E-state index contributed by atoms with van der Waals surface area (Å²) in [4.78, 5) is 0. The third kappa shape index (κ3) is 4.65. The maximum atomic E-state index is 6.94. The molecule has 0 saturated carbocycles. The summed E-state index contributed by atoms with van der Waals surface area (Å²) in [6.45, 7) is 0. The zero-order chi connectivity index (χ0) is 29.6. The SMILES string of the molecule is Clc1c(Cl)n(-c2cccc(-c3ccccc3)c2)c2ccc(-c3ccc4c(c3)-c3ccccc3C(c3ccccc3)CC4)cc12. The van der Waals surface area contributed by atoms with Crippen LogP contribution in [0.5, 0.6) is 0 Å². The number of aryl methyl sites for hydroxylation is 1. The Balaban J connectivity index is 1.21. The Morgan fingerprint density at radius 2 is 1.23 bits per heavy atom. The molecule has 8 rings (SSSR count). The molecular formula is C41H29Cl2N. The summed E-state index contributed by atoms with van der Waals surface area (Å²) in [6.07, 6.45) is 2.13. The van der Waals surface area contributed by atoms with E-state index in [9.17, 15) is 0 Å². The minimum absolute atomic E-state index is 0.376. The summed E-state index contributed by atoms with van der Waals surface area (Å²) in [6, 6.07) is 52.1. The third-order valence-corrected chi connectivity index (χ3v) is 9.87. The van der Waals surface area contributed by atoms with Gasteiger partial charge in [0.1, 0.15) is 5.15 Å². The van der Waals surface area contributed by atoms with E-state index < -0.39 is 0 Å². The average molecular weight is 607 g/mol. The molecule has 0 fully saturated rings. The van der Waals surface area contributed by atoms with Crippen LogP contribution < -0.4 is 0 Å². The van der Waals surface area contributed by atoms with Crippen LogP contribution in [0.15, 0.2) is 146 Å². The number of hydrogen-bond donors (Lipinski definition) is 0. The lowest BCUT2D eigenvalue weighted by Gasteiger charge is -2.18. The Morgan fingerprint density at radius 1 is 0.545 bits per heavy atom. The summed E-state index contributed by atoms with van der Waals surface area (Å²) in [5.41, 5.74) is 13.4. The van der Waals surface area contributed by atoms with Crippen molar-refractivity contribution >= 4 is 34.1 Å². The Hall–Kier alpha value is -4.56. The molecule has 212 valence electrons. The fraction of sp³-hybridized carbons (Fsp3) is 0.0732. The van der Waals surface area contributed by atoms with E-state index in [1.54, 1.807) is 0 Å². The third-order valence-electron chi connectivity index (χ3n) is 9.04. The molecule has 3 heteroatoms. The Labute approximate surface area is 268 Å². The number of halogens is 2. The zero-order valence-corrected chi connectivity index (χ0v) is 25.6.